The van der Waals surface area contributed by atoms with Crippen LogP contribution in [0.15, 0.2) is 22.3 Å². The number of rotatable bonds is 5. The molecule has 2 aromatic heterocycles. The number of aryl methyl sites for hydroxylation is 1. The number of aromatic nitrogens is 5. The molecule has 2 rings (SSSR count). The summed E-state index contributed by atoms with van der Waals surface area (Å²) in [6.07, 6.45) is 2.52. The lowest BCUT2D eigenvalue weighted by molar-refractivity contribution is 0.581. The first-order valence-electron chi connectivity index (χ1n) is 5.55. The van der Waals surface area contributed by atoms with Gasteiger partial charge in [-0.15, -0.1) is 0 Å². The third-order valence-electron chi connectivity index (χ3n) is 2.21. The van der Waals surface area contributed by atoms with E-state index < -0.39 is 0 Å². The predicted molar refractivity (Wildman–Crippen MR) is 69.1 cm³/mol. The van der Waals surface area contributed by atoms with Gasteiger partial charge in [-0.2, -0.15) is 5.10 Å². The number of aromatic amines is 1. The number of H-pyrrole nitrogens is 1. The maximum atomic E-state index is 11.2. The topological polar surface area (TPSA) is 102 Å². The Morgan fingerprint density at radius 2 is 2.39 bits per heavy atom. The first kappa shape index (κ1) is 12.6. The molecular formula is C10H14N6OS. The van der Waals surface area contributed by atoms with E-state index in [4.69, 9.17) is 5.73 Å². The zero-order valence-corrected chi connectivity index (χ0v) is 10.8. The highest BCUT2D eigenvalue weighted by atomic mass is 32.2. The molecule has 0 amide bonds. The van der Waals surface area contributed by atoms with Gasteiger partial charge in [0, 0.05) is 12.6 Å². The lowest BCUT2D eigenvalue weighted by Crippen LogP contribution is -2.10. The summed E-state index contributed by atoms with van der Waals surface area (Å²) >= 11 is 1.38. The van der Waals surface area contributed by atoms with Crippen molar-refractivity contribution in [2.45, 2.75) is 30.8 Å². The highest BCUT2D eigenvalue weighted by Crippen LogP contribution is 2.17. The first-order chi connectivity index (χ1) is 8.69. The second-order valence-corrected chi connectivity index (χ2v) is 4.63. The number of thioether (sulfide) groups is 1. The Balaban J connectivity index is 2.06. The number of anilines is 1. The number of hydrogen-bond donors (Lipinski definition) is 2. The SMILES string of the molecule is CCCn1ncnc1CSc1nc(N)cc(=O)[nH]1. The molecule has 0 aliphatic heterocycles. The van der Waals surface area contributed by atoms with Gasteiger partial charge in [-0.05, 0) is 6.42 Å². The second kappa shape index (κ2) is 5.67. The minimum absolute atomic E-state index is 0.219. The van der Waals surface area contributed by atoms with Crippen LogP contribution in [0.5, 0.6) is 0 Å². The zero-order valence-electron chi connectivity index (χ0n) is 9.96. The lowest BCUT2D eigenvalue weighted by atomic mass is 10.5. The fourth-order valence-corrected chi connectivity index (χ4v) is 2.29. The Bertz CT molecular complexity index is 578. The molecular weight excluding hydrogens is 252 g/mol. The van der Waals surface area contributed by atoms with Crippen LogP contribution in [0.3, 0.4) is 0 Å². The van der Waals surface area contributed by atoms with Crippen LogP contribution in [-0.2, 0) is 12.3 Å². The summed E-state index contributed by atoms with van der Waals surface area (Å²) in [5.41, 5.74) is 5.26. The molecule has 0 radical (unpaired) electrons. The van der Waals surface area contributed by atoms with Crippen molar-refractivity contribution < 1.29 is 0 Å². The van der Waals surface area contributed by atoms with Gasteiger partial charge in [0.25, 0.3) is 5.56 Å². The van der Waals surface area contributed by atoms with Crippen molar-refractivity contribution >= 4 is 17.6 Å². The highest BCUT2D eigenvalue weighted by molar-refractivity contribution is 7.98. The smallest absolute Gasteiger partial charge is 0.253 e. The summed E-state index contributed by atoms with van der Waals surface area (Å²) in [6, 6.07) is 1.25. The Hall–Kier alpha value is -1.83. The Morgan fingerprint density at radius 1 is 1.56 bits per heavy atom. The van der Waals surface area contributed by atoms with Gasteiger partial charge in [0.1, 0.15) is 18.0 Å². The van der Waals surface area contributed by atoms with Crippen LogP contribution in [0.2, 0.25) is 0 Å². The summed E-state index contributed by atoms with van der Waals surface area (Å²) < 4.78 is 1.84. The Kier molecular flexibility index (Phi) is 3.98. The maximum Gasteiger partial charge on any atom is 0.253 e. The fourth-order valence-electron chi connectivity index (χ4n) is 1.45. The number of nitrogen functional groups attached to an aromatic ring is 1. The summed E-state index contributed by atoms with van der Waals surface area (Å²) in [5, 5.41) is 4.62. The van der Waals surface area contributed by atoms with Gasteiger partial charge in [0.2, 0.25) is 0 Å². The molecule has 2 heterocycles. The predicted octanol–water partition coefficient (Wildman–Crippen LogP) is 0.646. The molecule has 0 unspecified atom stereocenters. The minimum atomic E-state index is -0.250. The lowest BCUT2D eigenvalue weighted by Gasteiger charge is -2.04. The Morgan fingerprint density at radius 3 is 3.11 bits per heavy atom. The highest BCUT2D eigenvalue weighted by Gasteiger charge is 2.06. The van der Waals surface area contributed by atoms with Crippen molar-refractivity contribution in [3.8, 4) is 0 Å². The summed E-state index contributed by atoms with van der Waals surface area (Å²) in [7, 11) is 0. The number of nitrogens with one attached hydrogen (secondary N) is 1. The van der Waals surface area contributed by atoms with Crippen LogP contribution in [-0.4, -0.2) is 24.7 Å². The molecule has 0 atom stereocenters. The molecule has 96 valence electrons. The molecule has 0 bridgehead atoms. The molecule has 0 saturated heterocycles. The molecule has 0 aliphatic rings. The van der Waals surface area contributed by atoms with Crippen LogP contribution < -0.4 is 11.3 Å². The van der Waals surface area contributed by atoms with E-state index in [1.807, 2.05) is 4.68 Å². The molecule has 2 aromatic rings. The van der Waals surface area contributed by atoms with E-state index in [1.165, 1.54) is 24.2 Å². The first-order valence-corrected chi connectivity index (χ1v) is 6.54. The zero-order chi connectivity index (χ0) is 13.0. The third-order valence-corrected chi connectivity index (χ3v) is 3.08. The van der Waals surface area contributed by atoms with Crippen molar-refractivity contribution in [1.29, 1.82) is 0 Å². The van der Waals surface area contributed by atoms with E-state index in [0.29, 0.717) is 10.9 Å². The summed E-state index contributed by atoms with van der Waals surface area (Å²) in [5.74, 6) is 1.66. The minimum Gasteiger partial charge on any atom is -0.383 e. The molecule has 0 aromatic carbocycles. The van der Waals surface area contributed by atoms with Crippen LogP contribution in [0.1, 0.15) is 19.2 Å². The van der Waals surface area contributed by atoms with Gasteiger partial charge in [-0.3, -0.25) is 4.79 Å². The normalized spacial score (nSPS) is 10.7. The van der Waals surface area contributed by atoms with Crippen LogP contribution in [0.4, 0.5) is 5.82 Å². The van der Waals surface area contributed by atoms with Crippen molar-refractivity contribution in [3.05, 3.63) is 28.6 Å². The molecule has 0 aliphatic carbocycles. The van der Waals surface area contributed by atoms with Crippen molar-refractivity contribution in [3.63, 3.8) is 0 Å². The largest absolute Gasteiger partial charge is 0.383 e. The summed E-state index contributed by atoms with van der Waals surface area (Å²) in [4.78, 5) is 22.1. The average molecular weight is 266 g/mol. The van der Waals surface area contributed by atoms with Crippen molar-refractivity contribution in [1.82, 2.24) is 24.7 Å². The van der Waals surface area contributed by atoms with E-state index in [2.05, 4.69) is 27.0 Å². The van der Waals surface area contributed by atoms with Gasteiger partial charge in [-0.25, -0.2) is 14.6 Å². The van der Waals surface area contributed by atoms with E-state index in [9.17, 15) is 4.79 Å². The quantitative estimate of drug-likeness (QED) is 0.608. The maximum absolute atomic E-state index is 11.2. The van der Waals surface area contributed by atoms with Crippen LogP contribution in [0.25, 0.3) is 0 Å². The van der Waals surface area contributed by atoms with Gasteiger partial charge in [-0.1, -0.05) is 18.7 Å². The van der Waals surface area contributed by atoms with Gasteiger partial charge in [0.05, 0.1) is 5.75 Å². The Labute approximate surface area is 108 Å². The molecule has 18 heavy (non-hydrogen) atoms. The van der Waals surface area contributed by atoms with Gasteiger partial charge in [0.15, 0.2) is 5.16 Å². The van der Waals surface area contributed by atoms with Gasteiger partial charge < -0.3 is 10.7 Å². The van der Waals surface area contributed by atoms with E-state index in [0.717, 1.165) is 18.8 Å². The van der Waals surface area contributed by atoms with Crippen LogP contribution in [0, 0.1) is 0 Å². The number of nitrogens with zero attached hydrogens (tertiary/aromatic N) is 4. The monoisotopic (exact) mass is 266 g/mol. The number of hydrogen-bond acceptors (Lipinski definition) is 6. The second-order valence-electron chi connectivity index (χ2n) is 3.66. The molecule has 3 N–H and O–H groups in total. The average Bonchev–Trinajstić information content (AvgIpc) is 2.73. The van der Waals surface area contributed by atoms with Crippen molar-refractivity contribution in [2.75, 3.05) is 5.73 Å². The molecule has 7 nitrogen and oxygen atoms in total. The van der Waals surface area contributed by atoms with E-state index in [-0.39, 0.29) is 11.4 Å². The van der Waals surface area contributed by atoms with E-state index >= 15 is 0 Å². The summed E-state index contributed by atoms with van der Waals surface area (Å²) in [6.45, 7) is 2.91. The standard InChI is InChI=1S/C10H14N6OS/c1-2-3-16-8(12-6-13-16)5-18-10-14-7(11)4-9(17)15-10/h4,6H,2-3,5H2,1H3,(H3,11,14,15,17). The molecule has 0 spiro atoms. The van der Waals surface area contributed by atoms with Gasteiger partial charge >= 0.3 is 0 Å². The molecule has 0 fully saturated rings. The molecule has 0 saturated carbocycles. The number of nitrogens with two attached hydrogens (primary N) is 1. The fraction of sp³-hybridized carbons (Fsp3) is 0.400. The molecule has 8 heteroatoms. The van der Waals surface area contributed by atoms with Crippen molar-refractivity contribution in [2.24, 2.45) is 0 Å². The third kappa shape index (κ3) is 3.10. The van der Waals surface area contributed by atoms with E-state index in [1.54, 1.807) is 0 Å². The van der Waals surface area contributed by atoms with Crippen LogP contribution >= 0.6 is 11.8 Å².